The third-order valence-corrected chi connectivity index (χ3v) is 8.44. The molecule has 2 heterocycles. The zero-order valence-corrected chi connectivity index (χ0v) is 22.7. The van der Waals surface area contributed by atoms with Gasteiger partial charge in [-0.3, -0.25) is 14.2 Å². The summed E-state index contributed by atoms with van der Waals surface area (Å²) in [6, 6.07) is 14.4. The quantitative estimate of drug-likeness (QED) is 0.119. The summed E-state index contributed by atoms with van der Waals surface area (Å²) < 4.78 is 6.31. The number of ether oxygens (including phenoxy) is 1. The molecular formula is C28H26N4O4S2. The smallest absolute Gasteiger partial charge is 0.337 e. The van der Waals surface area contributed by atoms with Crippen LogP contribution < -0.4 is 11.0 Å². The van der Waals surface area contributed by atoms with Crippen molar-refractivity contribution in [2.75, 3.05) is 12.9 Å². The Morgan fingerprint density at radius 3 is 2.61 bits per heavy atom. The fourth-order valence-electron chi connectivity index (χ4n) is 4.37. The number of benzene rings is 2. The number of nitrogens with zero attached hydrogens (tertiary/aromatic N) is 3. The maximum Gasteiger partial charge on any atom is 0.337 e. The fraction of sp³-hybridized carbons (Fsp3) is 0.250. The van der Waals surface area contributed by atoms with Crippen molar-refractivity contribution in [1.82, 2.24) is 15.0 Å². The second-order valence-electron chi connectivity index (χ2n) is 8.96. The van der Waals surface area contributed by atoms with Crippen LogP contribution in [0.25, 0.3) is 15.9 Å². The Morgan fingerprint density at radius 1 is 1.13 bits per heavy atom. The second-order valence-corrected chi connectivity index (χ2v) is 11.0. The minimum absolute atomic E-state index is 0.0352. The Morgan fingerprint density at radius 2 is 1.87 bits per heavy atom. The lowest BCUT2D eigenvalue weighted by molar-refractivity contribution is -0.118. The van der Waals surface area contributed by atoms with E-state index < -0.39 is 5.97 Å². The van der Waals surface area contributed by atoms with Crippen LogP contribution in [0.3, 0.4) is 0 Å². The number of carbonyl (C=O) groups excluding carboxylic acids is 2. The summed E-state index contributed by atoms with van der Waals surface area (Å²) in [5, 5.41) is 5.19. The van der Waals surface area contributed by atoms with Crippen molar-refractivity contribution in [3.05, 3.63) is 86.0 Å². The van der Waals surface area contributed by atoms with Gasteiger partial charge in [0, 0.05) is 4.88 Å². The van der Waals surface area contributed by atoms with Gasteiger partial charge < -0.3 is 4.74 Å². The van der Waals surface area contributed by atoms with Crippen molar-refractivity contribution in [1.29, 1.82) is 0 Å². The summed E-state index contributed by atoms with van der Waals surface area (Å²) >= 11 is 2.80. The van der Waals surface area contributed by atoms with Gasteiger partial charge in [-0.1, -0.05) is 41.6 Å². The van der Waals surface area contributed by atoms with Crippen molar-refractivity contribution < 1.29 is 14.3 Å². The SMILES string of the molecule is COC(=O)c1ccc(C=NNC(=O)CSc2nc3sc4c(c3c(=O)n2-c2ccc(C)cc2)CCCC4)cc1. The van der Waals surface area contributed by atoms with E-state index in [1.165, 1.54) is 30.0 Å². The first-order valence-corrected chi connectivity index (χ1v) is 14.0. The lowest BCUT2D eigenvalue weighted by Gasteiger charge is -2.13. The first-order chi connectivity index (χ1) is 18.4. The maximum atomic E-state index is 13.8. The van der Waals surface area contributed by atoms with E-state index in [-0.39, 0.29) is 17.2 Å². The van der Waals surface area contributed by atoms with Crippen molar-refractivity contribution in [3.63, 3.8) is 0 Å². The van der Waals surface area contributed by atoms with Crippen molar-refractivity contribution in [2.24, 2.45) is 5.10 Å². The molecule has 0 atom stereocenters. The molecule has 0 radical (unpaired) electrons. The minimum atomic E-state index is -0.419. The Labute approximate surface area is 227 Å². The highest BCUT2D eigenvalue weighted by Gasteiger charge is 2.23. The van der Waals surface area contributed by atoms with E-state index in [0.717, 1.165) is 47.3 Å². The van der Waals surface area contributed by atoms with Gasteiger partial charge in [0.05, 0.1) is 35.7 Å². The second kappa shape index (κ2) is 11.3. The highest BCUT2D eigenvalue weighted by Crippen LogP contribution is 2.35. The third-order valence-electron chi connectivity index (χ3n) is 6.32. The van der Waals surface area contributed by atoms with Crippen molar-refractivity contribution in [3.8, 4) is 5.69 Å². The van der Waals surface area contributed by atoms with E-state index >= 15 is 0 Å². The first kappa shape index (κ1) is 25.9. The lowest BCUT2D eigenvalue weighted by Crippen LogP contribution is -2.24. The number of aryl methyl sites for hydroxylation is 3. The van der Waals surface area contributed by atoms with Crippen LogP contribution in [-0.2, 0) is 22.4 Å². The molecule has 194 valence electrons. The van der Waals surface area contributed by atoms with Crippen LogP contribution in [-0.4, -0.2) is 40.5 Å². The van der Waals surface area contributed by atoms with Gasteiger partial charge in [-0.25, -0.2) is 15.2 Å². The molecule has 0 aliphatic heterocycles. The van der Waals surface area contributed by atoms with Crippen LogP contribution >= 0.6 is 23.1 Å². The standard InChI is InChI=1S/C28H26N4O4S2/c1-17-7-13-20(14-8-17)32-26(34)24-21-5-3-4-6-22(21)38-25(24)30-28(32)37-16-23(33)31-29-15-18-9-11-19(12-10-18)27(35)36-2/h7-15H,3-6,16H2,1-2H3,(H,31,33). The Bertz CT molecular complexity index is 1590. The number of thioether (sulfide) groups is 1. The van der Waals surface area contributed by atoms with E-state index in [2.05, 4.69) is 15.3 Å². The van der Waals surface area contributed by atoms with Crippen molar-refractivity contribution >= 4 is 51.4 Å². The van der Waals surface area contributed by atoms with Crippen LogP contribution in [0.15, 0.2) is 63.6 Å². The van der Waals surface area contributed by atoms with Crippen molar-refractivity contribution in [2.45, 2.75) is 37.8 Å². The zero-order valence-electron chi connectivity index (χ0n) is 21.0. The number of hydrogen-bond acceptors (Lipinski definition) is 8. The molecule has 1 aliphatic carbocycles. The van der Waals surface area contributed by atoms with Crippen LogP contribution in [0.2, 0.25) is 0 Å². The Kier molecular flexibility index (Phi) is 7.71. The molecule has 38 heavy (non-hydrogen) atoms. The summed E-state index contributed by atoms with van der Waals surface area (Å²) in [5.41, 5.74) is 6.53. The summed E-state index contributed by atoms with van der Waals surface area (Å²) in [6.45, 7) is 2.00. The van der Waals surface area contributed by atoms with Crippen LogP contribution in [0.4, 0.5) is 0 Å². The first-order valence-electron chi connectivity index (χ1n) is 12.2. The largest absolute Gasteiger partial charge is 0.465 e. The molecule has 0 saturated carbocycles. The predicted molar refractivity (Wildman–Crippen MR) is 151 cm³/mol. The number of thiophene rings is 1. The monoisotopic (exact) mass is 546 g/mol. The zero-order chi connectivity index (χ0) is 26.6. The van der Waals surface area contributed by atoms with Gasteiger partial charge in [0.2, 0.25) is 0 Å². The molecule has 4 aromatic rings. The third kappa shape index (κ3) is 5.41. The van der Waals surface area contributed by atoms with E-state index in [1.54, 1.807) is 40.2 Å². The van der Waals surface area contributed by atoms with Gasteiger partial charge in [-0.2, -0.15) is 5.10 Å². The molecule has 0 bridgehead atoms. The molecule has 0 fully saturated rings. The number of hydrazone groups is 1. The summed E-state index contributed by atoms with van der Waals surface area (Å²) in [5.74, 6) is -0.710. The molecule has 0 spiro atoms. The highest BCUT2D eigenvalue weighted by atomic mass is 32.2. The normalized spacial score (nSPS) is 13.0. The molecule has 2 aromatic carbocycles. The summed E-state index contributed by atoms with van der Waals surface area (Å²) in [7, 11) is 1.33. The predicted octanol–water partition coefficient (Wildman–Crippen LogP) is 4.66. The number of nitrogens with one attached hydrogen (secondary N) is 1. The van der Waals surface area contributed by atoms with Gasteiger partial charge in [-0.05, 0) is 68.0 Å². The lowest BCUT2D eigenvalue weighted by atomic mass is 9.97. The number of fused-ring (bicyclic) bond motifs is 3. The van der Waals surface area contributed by atoms with Gasteiger partial charge in [-0.15, -0.1) is 11.3 Å². The number of esters is 1. The number of hydrogen-bond donors (Lipinski definition) is 1. The van der Waals surface area contributed by atoms with Gasteiger partial charge in [0.25, 0.3) is 11.5 Å². The average molecular weight is 547 g/mol. The maximum absolute atomic E-state index is 13.8. The number of aromatic nitrogens is 2. The molecule has 0 unspecified atom stereocenters. The van der Waals surface area contributed by atoms with E-state index in [9.17, 15) is 14.4 Å². The van der Waals surface area contributed by atoms with Gasteiger partial charge in [0.15, 0.2) is 5.16 Å². The number of rotatable bonds is 7. The van der Waals surface area contributed by atoms with Crippen LogP contribution in [0, 0.1) is 6.92 Å². The fourth-order valence-corrected chi connectivity index (χ4v) is 6.48. The Hall–Kier alpha value is -3.76. The number of methoxy groups -OCH3 is 1. The van der Waals surface area contributed by atoms with E-state index in [4.69, 9.17) is 4.98 Å². The number of carbonyl (C=O) groups is 2. The Balaban J connectivity index is 1.36. The summed E-state index contributed by atoms with van der Waals surface area (Å²) in [6.07, 6.45) is 5.58. The average Bonchev–Trinajstić information content (AvgIpc) is 3.31. The summed E-state index contributed by atoms with van der Waals surface area (Å²) in [4.78, 5) is 44.8. The van der Waals surface area contributed by atoms with E-state index in [0.29, 0.717) is 21.7 Å². The van der Waals surface area contributed by atoms with Crippen LogP contribution in [0.1, 0.15) is 44.8 Å². The van der Waals surface area contributed by atoms with Crippen LogP contribution in [0.5, 0.6) is 0 Å². The molecule has 2 aromatic heterocycles. The molecule has 1 amide bonds. The molecule has 1 aliphatic rings. The van der Waals surface area contributed by atoms with E-state index in [1.807, 2.05) is 31.2 Å². The van der Waals surface area contributed by atoms with Gasteiger partial charge in [0.1, 0.15) is 4.83 Å². The molecule has 1 N–H and O–H groups in total. The highest BCUT2D eigenvalue weighted by molar-refractivity contribution is 7.99. The minimum Gasteiger partial charge on any atom is -0.465 e. The molecule has 10 heteroatoms. The molecular weight excluding hydrogens is 520 g/mol. The topological polar surface area (TPSA) is 103 Å². The molecule has 5 rings (SSSR count). The molecule has 0 saturated heterocycles. The molecule has 8 nitrogen and oxygen atoms in total. The van der Waals surface area contributed by atoms with Gasteiger partial charge >= 0.3 is 5.97 Å². The number of amides is 1.